The minimum atomic E-state index is 0. The normalized spacial score (nSPS) is 9.75. The number of aryl methyl sites for hydroxylation is 1. The van der Waals surface area contributed by atoms with Crippen molar-refractivity contribution in [2.45, 2.75) is 19.9 Å². The Balaban J connectivity index is 0. The second kappa shape index (κ2) is 10.4. The number of halogens is 2. The average molecular weight is 283 g/mol. The Morgan fingerprint density at radius 2 is 2.00 bits per heavy atom. The van der Waals surface area contributed by atoms with E-state index in [1.54, 1.807) is 0 Å². The van der Waals surface area contributed by atoms with Crippen molar-refractivity contribution in [1.29, 1.82) is 0 Å². The molecule has 0 aliphatic carbocycles. The third-order valence-electron chi connectivity index (χ3n) is 2.21. The molecular weight excluding hydrogens is 263 g/mol. The van der Waals surface area contributed by atoms with Gasteiger partial charge in [0.15, 0.2) is 0 Å². The standard InChI is InChI=1S/C11H20N2S.2ClH/c1-10-5-8-14-11(10)9-12-6-4-7-13(2)3;;/h5,8,12H,4,6-7,9H2,1-3H3;2*1H/p-2. The van der Waals surface area contributed by atoms with Gasteiger partial charge in [-0.3, -0.25) is 0 Å². The van der Waals surface area contributed by atoms with Crippen LogP contribution in [0, 0.1) is 6.92 Å². The van der Waals surface area contributed by atoms with Crippen molar-refractivity contribution in [2.75, 3.05) is 27.2 Å². The van der Waals surface area contributed by atoms with E-state index in [4.69, 9.17) is 0 Å². The van der Waals surface area contributed by atoms with Crippen LogP contribution in [0.1, 0.15) is 16.9 Å². The highest BCUT2D eigenvalue weighted by Crippen LogP contribution is 2.14. The summed E-state index contributed by atoms with van der Waals surface area (Å²) in [6.07, 6.45) is 1.22. The molecule has 0 unspecified atom stereocenters. The molecule has 1 aromatic heterocycles. The molecular formula is C11H20Cl2N2S-2. The van der Waals surface area contributed by atoms with Crippen LogP contribution in [0.5, 0.6) is 0 Å². The maximum atomic E-state index is 3.47. The van der Waals surface area contributed by atoms with Gasteiger partial charge < -0.3 is 35.0 Å². The lowest BCUT2D eigenvalue weighted by Gasteiger charge is -2.09. The molecule has 1 heterocycles. The Morgan fingerprint density at radius 1 is 1.31 bits per heavy atom. The Bertz CT molecular complexity index is 264. The van der Waals surface area contributed by atoms with Gasteiger partial charge in [0.1, 0.15) is 0 Å². The lowest BCUT2D eigenvalue weighted by atomic mass is 10.3. The molecule has 0 saturated heterocycles. The number of nitrogens with one attached hydrogen (secondary N) is 1. The zero-order valence-corrected chi connectivity index (χ0v) is 12.4. The van der Waals surface area contributed by atoms with Crippen molar-refractivity contribution in [2.24, 2.45) is 0 Å². The lowest BCUT2D eigenvalue weighted by Crippen LogP contribution is -3.00. The largest absolute Gasteiger partial charge is 1.00 e. The maximum Gasteiger partial charge on any atom is 0.0302 e. The number of hydrogen-bond donors (Lipinski definition) is 1. The van der Waals surface area contributed by atoms with Crippen LogP contribution in [-0.2, 0) is 6.54 Å². The molecule has 0 fully saturated rings. The molecule has 1 aromatic rings. The van der Waals surface area contributed by atoms with Crippen molar-refractivity contribution < 1.29 is 24.8 Å². The highest BCUT2D eigenvalue weighted by atomic mass is 35.5. The second-order valence-electron chi connectivity index (χ2n) is 3.86. The van der Waals surface area contributed by atoms with Crippen LogP contribution in [0.15, 0.2) is 11.4 Å². The Morgan fingerprint density at radius 3 is 2.50 bits per heavy atom. The third kappa shape index (κ3) is 7.47. The van der Waals surface area contributed by atoms with Crippen molar-refractivity contribution in [1.82, 2.24) is 10.2 Å². The quantitative estimate of drug-likeness (QED) is 0.537. The van der Waals surface area contributed by atoms with E-state index >= 15 is 0 Å². The highest BCUT2D eigenvalue weighted by Gasteiger charge is 1.98. The van der Waals surface area contributed by atoms with Gasteiger partial charge in [0, 0.05) is 11.4 Å². The van der Waals surface area contributed by atoms with E-state index in [9.17, 15) is 0 Å². The van der Waals surface area contributed by atoms with E-state index in [2.05, 4.69) is 42.7 Å². The minimum Gasteiger partial charge on any atom is -1.00 e. The van der Waals surface area contributed by atoms with Crippen LogP contribution in [0.2, 0.25) is 0 Å². The molecule has 1 rings (SSSR count). The molecule has 0 aliphatic rings. The van der Waals surface area contributed by atoms with E-state index in [0.29, 0.717) is 0 Å². The summed E-state index contributed by atoms with van der Waals surface area (Å²) in [6.45, 7) is 5.47. The van der Waals surface area contributed by atoms with Crippen LogP contribution in [0.25, 0.3) is 0 Å². The van der Waals surface area contributed by atoms with E-state index in [1.165, 1.54) is 16.9 Å². The van der Waals surface area contributed by atoms with Crippen molar-refractivity contribution in [3.63, 3.8) is 0 Å². The summed E-state index contributed by atoms with van der Waals surface area (Å²) in [6, 6.07) is 2.18. The van der Waals surface area contributed by atoms with Crippen molar-refractivity contribution >= 4 is 11.3 Å². The van der Waals surface area contributed by atoms with E-state index in [-0.39, 0.29) is 24.8 Å². The predicted octanol–water partition coefficient (Wildman–Crippen LogP) is -3.89. The number of hydrogen-bond acceptors (Lipinski definition) is 3. The van der Waals surface area contributed by atoms with Gasteiger partial charge in [-0.05, 0) is 57.5 Å². The van der Waals surface area contributed by atoms with Crippen LogP contribution in [0.3, 0.4) is 0 Å². The molecule has 16 heavy (non-hydrogen) atoms. The van der Waals surface area contributed by atoms with Gasteiger partial charge in [-0.15, -0.1) is 11.3 Å². The van der Waals surface area contributed by atoms with Gasteiger partial charge in [0.25, 0.3) is 0 Å². The summed E-state index contributed by atoms with van der Waals surface area (Å²) < 4.78 is 0. The molecule has 0 spiro atoms. The first-order chi connectivity index (χ1) is 6.70. The molecule has 1 N–H and O–H groups in total. The first-order valence-corrected chi connectivity index (χ1v) is 5.96. The van der Waals surface area contributed by atoms with E-state index in [0.717, 1.165) is 19.6 Å². The second-order valence-corrected chi connectivity index (χ2v) is 4.86. The molecule has 0 radical (unpaired) electrons. The molecule has 0 aliphatic heterocycles. The van der Waals surface area contributed by atoms with Crippen LogP contribution in [-0.4, -0.2) is 32.1 Å². The molecule has 2 nitrogen and oxygen atoms in total. The fourth-order valence-corrected chi connectivity index (χ4v) is 2.18. The lowest BCUT2D eigenvalue weighted by molar-refractivity contribution is -0.00100. The molecule has 0 atom stereocenters. The summed E-state index contributed by atoms with van der Waals surface area (Å²) in [5.41, 5.74) is 1.41. The number of rotatable bonds is 6. The Kier molecular flexibility index (Phi) is 12.0. The molecule has 0 bridgehead atoms. The van der Waals surface area contributed by atoms with Gasteiger partial charge in [-0.25, -0.2) is 0 Å². The topological polar surface area (TPSA) is 15.3 Å². The predicted molar refractivity (Wildman–Crippen MR) is 63.9 cm³/mol. The smallest absolute Gasteiger partial charge is 0.0302 e. The number of thiophene rings is 1. The van der Waals surface area contributed by atoms with E-state index in [1.807, 2.05) is 11.3 Å². The zero-order valence-electron chi connectivity index (χ0n) is 10.1. The molecule has 0 aromatic carbocycles. The average Bonchev–Trinajstić information content (AvgIpc) is 2.51. The molecule has 0 amide bonds. The maximum absolute atomic E-state index is 3.47. The summed E-state index contributed by atoms with van der Waals surface area (Å²) in [5, 5.41) is 5.63. The van der Waals surface area contributed by atoms with Crippen LogP contribution >= 0.6 is 11.3 Å². The fourth-order valence-electron chi connectivity index (χ4n) is 1.31. The van der Waals surface area contributed by atoms with E-state index < -0.39 is 0 Å². The Labute approximate surface area is 115 Å². The first kappa shape index (κ1) is 18.6. The van der Waals surface area contributed by atoms with Gasteiger partial charge in [-0.1, -0.05) is 0 Å². The number of nitrogens with zero attached hydrogens (tertiary/aromatic N) is 1. The van der Waals surface area contributed by atoms with Gasteiger partial charge in [0.05, 0.1) is 0 Å². The monoisotopic (exact) mass is 282 g/mol. The van der Waals surface area contributed by atoms with Crippen molar-refractivity contribution in [3.8, 4) is 0 Å². The van der Waals surface area contributed by atoms with Gasteiger partial charge in [-0.2, -0.15) is 0 Å². The van der Waals surface area contributed by atoms with Gasteiger partial charge >= 0.3 is 0 Å². The fraction of sp³-hybridized carbons (Fsp3) is 0.636. The first-order valence-electron chi connectivity index (χ1n) is 5.08. The summed E-state index contributed by atoms with van der Waals surface area (Å²) in [5.74, 6) is 0. The van der Waals surface area contributed by atoms with Crippen LogP contribution in [0.4, 0.5) is 0 Å². The zero-order chi connectivity index (χ0) is 10.4. The third-order valence-corrected chi connectivity index (χ3v) is 3.24. The molecule has 0 saturated carbocycles. The molecule has 96 valence electrons. The molecule has 5 heteroatoms. The minimum absolute atomic E-state index is 0. The summed E-state index contributed by atoms with van der Waals surface area (Å²) in [4.78, 5) is 3.69. The summed E-state index contributed by atoms with van der Waals surface area (Å²) in [7, 11) is 4.23. The highest BCUT2D eigenvalue weighted by molar-refractivity contribution is 7.10. The SMILES string of the molecule is Cc1ccsc1CNCCCN(C)C.[Cl-].[Cl-]. The van der Waals surface area contributed by atoms with Gasteiger partial charge in [0.2, 0.25) is 0 Å². The van der Waals surface area contributed by atoms with Crippen LogP contribution < -0.4 is 30.1 Å². The Hall–Kier alpha value is 0.200. The summed E-state index contributed by atoms with van der Waals surface area (Å²) >= 11 is 1.84. The van der Waals surface area contributed by atoms with Crippen molar-refractivity contribution in [3.05, 3.63) is 21.9 Å².